The Hall–Kier alpha value is -2.01. The number of ether oxygens (including phenoxy) is 1. The summed E-state index contributed by atoms with van der Waals surface area (Å²) in [5.74, 6) is -0.754. The normalized spacial score (nSPS) is 18.4. The second kappa shape index (κ2) is 6.95. The van der Waals surface area contributed by atoms with Crippen LogP contribution in [0.25, 0.3) is 17.3 Å². The van der Waals surface area contributed by atoms with E-state index in [1.807, 2.05) is 0 Å². The summed E-state index contributed by atoms with van der Waals surface area (Å²) in [6.45, 7) is 1.80. The van der Waals surface area contributed by atoms with Crippen molar-refractivity contribution >= 4 is 23.3 Å². The lowest BCUT2D eigenvalue weighted by Crippen LogP contribution is -2.35. The molecule has 0 unspecified atom stereocenters. The fourth-order valence-corrected chi connectivity index (χ4v) is 3.89. The quantitative estimate of drug-likeness (QED) is 0.819. The molecular weight excluding hydrogens is 357 g/mol. The predicted octanol–water partition coefficient (Wildman–Crippen LogP) is 3.68. The van der Waals surface area contributed by atoms with Crippen LogP contribution in [0.4, 0.5) is 4.39 Å². The van der Waals surface area contributed by atoms with Crippen molar-refractivity contribution in [3.63, 3.8) is 0 Å². The largest absolute Gasteiger partial charge is 0.489 e. The van der Waals surface area contributed by atoms with E-state index in [4.69, 9.17) is 20.8 Å². The second-order valence-corrected chi connectivity index (χ2v) is 7.33. The molecule has 2 aliphatic rings. The topological polar surface area (TPSA) is 44.4 Å². The smallest absolute Gasteiger partial charge is 0.424 e. The van der Waals surface area contributed by atoms with Crippen LogP contribution in [-0.2, 0) is 0 Å². The molecule has 2 saturated carbocycles. The van der Waals surface area contributed by atoms with Crippen LogP contribution in [0.3, 0.4) is 0 Å². The highest BCUT2D eigenvalue weighted by atomic mass is 35.5. The minimum Gasteiger partial charge on any atom is -0.489 e. The zero-order valence-corrected chi connectivity index (χ0v) is 15.4. The van der Waals surface area contributed by atoms with Crippen LogP contribution in [0.2, 0.25) is 5.02 Å². The molecule has 0 bridgehead atoms. The van der Waals surface area contributed by atoms with Gasteiger partial charge < -0.3 is 9.15 Å². The summed E-state index contributed by atoms with van der Waals surface area (Å²) in [5, 5.41) is 0.881. The summed E-state index contributed by atoms with van der Waals surface area (Å²) in [6.07, 6.45) is 8.84. The van der Waals surface area contributed by atoms with E-state index in [9.17, 15) is 9.18 Å². The number of nitrogens with zero attached hydrogens (tertiary/aromatic N) is 1. The third-order valence-corrected chi connectivity index (χ3v) is 5.52. The van der Waals surface area contributed by atoms with Crippen molar-refractivity contribution in [2.75, 3.05) is 0 Å². The van der Waals surface area contributed by atoms with Crippen LogP contribution in [0, 0.1) is 5.82 Å². The summed E-state index contributed by atoms with van der Waals surface area (Å²) in [7, 11) is 0. The third kappa shape index (κ3) is 2.98. The first-order valence-electron chi connectivity index (χ1n) is 9.15. The Morgan fingerprint density at radius 1 is 1.27 bits per heavy atom. The van der Waals surface area contributed by atoms with Gasteiger partial charge in [0, 0.05) is 6.07 Å². The van der Waals surface area contributed by atoms with Crippen molar-refractivity contribution in [3.05, 3.63) is 44.3 Å². The molecule has 0 spiro atoms. The maximum Gasteiger partial charge on any atom is 0.424 e. The molecule has 2 aliphatic carbocycles. The zero-order chi connectivity index (χ0) is 18.3. The number of oxazole rings is 1. The molecule has 2 aromatic rings. The van der Waals surface area contributed by atoms with E-state index in [0.29, 0.717) is 16.5 Å². The highest BCUT2D eigenvalue weighted by molar-refractivity contribution is 6.32. The highest BCUT2D eigenvalue weighted by Crippen LogP contribution is 2.33. The Labute approximate surface area is 155 Å². The van der Waals surface area contributed by atoms with Crippen LogP contribution in [0.15, 0.2) is 21.3 Å². The van der Waals surface area contributed by atoms with Crippen molar-refractivity contribution < 1.29 is 13.5 Å². The van der Waals surface area contributed by atoms with Gasteiger partial charge in [-0.15, -0.1) is 0 Å². The molecule has 2 fully saturated rings. The molecule has 0 N–H and O–H groups in total. The summed E-state index contributed by atoms with van der Waals surface area (Å²) in [5.41, 5.74) is 1.72. The average molecular weight is 378 g/mol. The molecule has 0 amide bonds. The van der Waals surface area contributed by atoms with E-state index in [2.05, 4.69) is 0 Å². The van der Waals surface area contributed by atoms with Gasteiger partial charge in [0.05, 0.1) is 22.2 Å². The van der Waals surface area contributed by atoms with Crippen molar-refractivity contribution in [2.24, 2.45) is 0 Å². The van der Waals surface area contributed by atoms with E-state index < -0.39 is 11.6 Å². The molecule has 138 valence electrons. The van der Waals surface area contributed by atoms with Crippen LogP contribution in [0.1, 0.15) is 51.9 Å². The molecule has 0 aliphatic heterocycles. The van der Waals surface area contributed by atoms with Gasteiger partial charge in [0.2, 0.25) is 0 Å². The monoisotopic (exact) mass is 377 g/mol. The van der Waals surface area contributed by atoms with Crippen molar-refractivity contribution in [1.29, 1.82) is 0 Å². The lowest BCUT2D eigenvalue weighted by Gasteiger charge is -2.18. The first-order chi connectivity index (χ1) is 12.6. The van der Waals surface area contributed by atoms with Gasteiger partial charge in [0.25, 0.3) is 0 Å². The second-order valence-electron chi connectivity index (χ2n) is 6.92. The summed E-state index contributed by atoms with van der Waals surface area (Å²) in [4.78, 5) is 12.5. The number of hydrogen-bond donors (Lipinski definition) is 0. The third-order valence-electron chi connectivity index (χ3n) is 5.23. The maximum atomic E-state index is 14.7. The molecule has 0 atom stereocenters. The van der Waals surface area contributed by atoms with Gasteiger partial charge in [-0.2, -0.15) is 0 Å². The standard InChI is InChI=1S/C20H21ClFNO3/c1-2-17-19(12-6-5-7-12)23(20(24)26-17)16-11-18(14(21)10-15(16)22)25-13-8-3-4-9-13/h2,10-11,13H,3-9H2,1H3. The van der Waals surface area contributed by atoms with Crippen molar-refractivity contribution in [3.8, 4) is 11.4 Å². The highest BCUT2D eigenvalue weighted by Gasteiger charge is 2.22. The average Bonchev–Trinajstić information content (AvgIpc) is 3.17. The summed E-state index contributed by atoms with van der Waals surface area (Å²) >= 11 is 6.19. The molecule has 6 heteroatoms. The molecular formula is C20H21ClFNO3. The molecule has 4 rings (SSSR count). The first-order valence-corrected chi connectivity index (χ1v) is 9.52. The lowest BCUT2D eigenvalue weighted by atomic mass is 9.92. The predicted molar refractivity (Wildman–Crippen MR) is 98.8 cm³/mol. The number of hydrogen-bond acceptors (Lipinski definition) is 3. The van der Waals surface area contributed by atoms with E-state index in [0.717, 1.165) is 50.5 Å². The number of aromatic nitrogens is 1. The fourth-order valence-electron chi connectivity index (χ4n) is 3.69. The zero-order valence-electron chi connectivity index (χ0n) is 14.7. The Bertz CT molecular complexity index is 1010. The molecule has 0 radical (unpaired) electrons. The van der Waals surface area contributed by atoms with Gasteiger partial charge in [0.1, 0.15) is 11.6 Å². The van der Waals surface area contributed by atoms with Crippen LogP contribution >= 0.6 is 11.6 Å². The van der Waals surface area contributed by atoms with Crippen LogP contribution in [0.5, 0.6) is 5.75 Å². The van der Waals surface area contributed by atoms with E-state index in [1.54, 1.807) is 13.0 Å². The number of rotatable bonds is 3. The minimum absolute atomic E-state index is 0.0897. The molecule has 1 aromatic heterocycles. The maximum absolute atomic E-state index is 14.7. The number of halogens is 2. The fraction of sp³-hybridized carbons (Fsp3) is 0.450. The molecule has 0 saturated heterocycles. The van der Waals surface area contributed by atoms with E-state index in [-0.39, 0.29) is 16.8 Å². The molecule has 26 heavy (non-hydrogen) atoms. The summed E-state index contributed by atoms with van der Waals surface area (Å²) < 4.78 is 27.4. The Morgan fingerprint density at radius 3 is 2.62 bits per heavy atom. The Morgan fingerprint density at radius 2 is 2.00 bits per heavy atom. The van der Waals surface area contributed by atoms with Gasteiger partial charge in [-0.1, -0.05) is 11.6 Å². The van der Waals surface area contributed by atoms with Gasteiger partial charge in [-0.3, -0.25) is 0 Å². The molecule has 1 aromatic carbocycles. The minimum atomic E-state index is -0.597. The SMILES string of the molecule is CC=c1oc(=O)n(-c2cc(OC3CCCC3)c(Cl)cc2F)c1=C1CCC1. The van der Waals surface area contributed by atoms with Crippen LogP contribution < -0.4 is 21.3 Å². The van der Waals surface area contributed by atoms with Gasteiger partial charge in [-0.05, 0) is 69.6 Å². The van der Waals surface area contributed by atoms with Crippen molar-refractivity contribution in [1.82, 2.24) is 4.57 Å². The van der Waals surface area contributed by atoms with Crippen LogP contribution in [-0.4, -0.2) is 10.7 Å². The van der Waals surface area contributed by atoms with E-state index >= 15 is 0 Å². The molecule has 4 nitrogen and oxygen atoms in total. The molecule has 1 heterocycles. The number of benzene rings is 1. The van der Waals surface area contributed by atoms with Gasteiger partial charge in [0.15, 0.2) is 5.42 Å². The Kier molecular flexibility index (Phi) is 4.65. The summed E-state index contributed by atoms with van der Waals surface area (Å²) in [6, 6.07) is 2.74. The van der Waals surface area contributed by atoms with Gasteiger partial charge >= 0.3 is 5.76 Å². The van der Waals surface area contributed by atoms with E-state index in [1.165, 1.54) is 16.7 Å². The first kappa shape index (κ1) is 17.4. The Balaban J connectivity index is 1.89. The lowest BCUT2D eigenvalue weighted by molar-refractivity contribution is 0.210. The van der Waals surface area contributed by atoms with Crippen molar-refractivity contribution in [2.45, 2.75) is 58.0 Å². The van der Waals surface area contributed by atoms with Gasteiger partial charge in [-0.25, -0.2) is 13.8 Å².